The van der Waals surface area contributed by atoms with Crippen LogP contribution in [0.4, 0.5) is 13.2 Å². The van der Waals surface area contributed by atoms with Crippen molar-refractivity contribution in [2.75, 3.05) is 14.2 Å². The van der Waals surface area contributed by atoms with Gasteiger partial charge in [-0.15, -0.1) is 0 Å². The van der Waals surface area contributed by atoms with Gasteiger partial charge in [-0.25, -0.2) is 19.9 Å². The van der Waals surface area contributed by atoms with E-state index in [1.165, 1.54) is 25.1 Å². The first-order chi connectivity index (χ1) is 18.7. The van der Waals surface area contributed by atoms with Crippen molar-refractivity contribution in [1.29, 1.82) is 0 Å². The van der Waals surface area contributed by atoms with Gasteiger partial charge in [-0.2, -0.15) is 18.2 Å². The molecule has 0 radical (unpaired) electrons. The summed E-state index contributed by atoms with van der Waals surface area (Å²) < 4.78 is 58.2. The lowest BCUT2D eigenvalue weighted by molar-refractivity contribution is -0.140. The second-order valence-electron chi connectivity index (χ2n) is 9.72. The molecule has 2 aliphatic rings. The van der Waals surface area contributed by atoms with E-state index in [0.717, 1.165) is 43.1 Å². The first kappa shape index (κ1) is 25.1. The largest absolute Gasteiger partial charge is 0.490 e. The minimum Gasteiger partial charge on any atom is -0.490 e. The lowest BCUT2D eigenvalue weighted by Gasteiger charge is -2.20. The van der Waals surface area contributed by atoms with Crippen molar-refractivity contribution in [2.24, 2.45) is 7.05 Å². The van der Waals surface area contributed by atoms with Gasteiger partial charge < -0.3 is 18.8 Å². The van der Waals surface area contributed by atoms with Crippen LogP contribution in [0.1, 0.15) is 48.6 Å². The van der Waals surface area contributed by atoms with Crippen molar-refractivity contribution < 1.29 is 27.4 Å². The highest BCUT2D eigenvalue weighted by molar-refractivity contribution is 5.66. The molecule has 39 heavy (non-hydrogen) atoms. The molecule has 0 N–H and O–H groups in total. The molecule has 6 rings (SSSR count). The third kappa shape index (κ3) is 4.64. The van der Waals surface area contributed by atoms with Gasteiger partial charge in [0.25, 0.3) is 5.88 Å². The number of aromatic nitrogens is 6. The molecule has 1 aromatic carbocycles. The summed E-state index contributed by atoms with van der Waals surface area (Å²) in [7, 11) is 4.60. The van der Waals surface area contributed by atoms with Crippen molar-refractivity contribution in [3.8, 4) is 40.3 Å². The van der Waals surface area contributed by atoms with Crippen LogP contribution in [-0.4, -0.2) is 43.7 Å². The summed E-state index contributed by atoms with van der Waals surface area (Å²) >= 11 is 0. The first-order valence-electron chi connectivity index (χ1n) is 12.4. The van der Waals surface area contributed by atoms with Crippen molar-refractivity contribution in [2.45, 2.75) is 43.4 Å². The van der Waals surface area contributed by atoms with Crippen LogP contribution in [-0.2, 0) is 18.8 Å². The summed E-state index contributed by atoms with van der Waals surface area (Å²) in [5.74, 6) is 1.96. The normalized spacial score (nSPS) is 16.2. The second-order valence-corrected chi connectivity index (χ2v) is 9.72. The molecule has 2 aliphatic carbocycles. The molecule has 2 saturated carbocycles. The van der Waals surface area contributed by atoms with Crippen LogP contribution in [0, 0.1) is 0 Å². The number of halogens is 3. The van der Waals surface area contributed by atoms with E-state index in [4.69, 9.17) is 19.2 Å². The summed E-state index contributed by atoms with van der Waals surface area (Å²) in [6, 6.07) is 7.19. The maximum Gasteiger partial charge on any atom is 0.434 e. The van der Waals surface area contributed by atoms with Crippen LogP contribution in [0.3, 0.4) is 0 Å². The van der Waals surface area contributed by atoms with E-state index in [2.05, 4.69) is 19.9 Å². The lowest BCUT2D eigenvalue weighted by Crippen LogP contribution is -2.17. The van der Waals surface area contributed by atoms with Crippen LogP contribution in [0.5, 0.6) is 17.5 Å². The monoisotopic (exact) mass is 538 g/mol. The quantitative estimate of drug-likeness (QED) is 0.298. The van der Waals surface area contributed by atoms with Gasteiger partial charge >= 0.3 is 6.18 Å². The Bertz CT molecular complexity index is 1530. The number of hydrogen-bond donors (Lipinski definition) is 0. The molecule has 0 bridgehead atoms. The average Bonchev–Trinajstić information content (AvgIpc) is 3.86. The zero-order valence-corrected chi connectivity index (χ0v) is 21.5. The molecule has 3 heterocycles. The van der Waals surface area contributed by atoms with Gasteiger partial charge in [0.2, 0.25) is 5.88 Å². The highest BCUT2D eigenvalue weighted by Gasteiger charge is 2.48. The predicted octanol–water partition coefficient (Wildman–Crippen LogP) is 5.32. The molecule has 202 valence electrons. The van der Waals surface area contributed by atoms with Gasteiger partial charge in [-0.3, -0.25) is 0 Å². The summed E-state index contributed by atoms with van der Waals surface area (Å²) in [6.45, 7) is 0. The Kier molecular flexibility index (Phi) is 5.92. The van der Waals surface area contributed by atoms with Gasteiger partial charge in [-0.1, -0.05) is 24.3 Å². The minimum absolute atomic E-state index is 0.229. The third-order valence-corrected chi connectivity index (χ3v) is 7.00. The van der Waals surface area contributed by atoms with Crippen molar-refractivity contribution >= 4 is 0 Å². The van der Waals surface area contributed by atoms with Crippen molar-refractivity contribution in [3.63, 3.8) is 0 Å². The number of alkyl halides is 3. The SMILES string of the molecule is COc1cnc(-c2c(OC)ncnc2C2CC2)nc1OC1(c2ccc(-c3nc(C(F)(F)F)cn3C)cc2)CC1. The van der Waals surface area contributed by atoms with E-state index >= 15 is 0 Å². The number of ether oxygens (including phenoxy) is 3. The number of aryl methyl sites for hydroxylation is 1. The fraction of sp³-hybridized carbons (Fsp3) is 0.370. The molecule has 0 saturated heterocycles. The van der Waals surface area contributed by atoms with Gasteiger partial charge in [0.15, 0.2) is 17.3 Å². The van der Waals surface area contributed by atoms with Crippen LogP contribution in [0.15, 0.2) is 43.0 Å². The molecule has 0 aliphatic heterocycles. The third-order valence-electron chi connectivity index (χ3n) is 7.00. The van der Waals surface area contributed by atoms with Gasteiger partial charge in [-0.05, 0) is 31.2 Å². The maximum absolute atomic E-state index is 13.1. The van der Waals surface area contributed by atoms with E-state index < -0.39 is 17.5 Å². The molecule has 0 unspecified atom stereocenters. The van der Waals surface area contributed by atoms with E-state index in [-0.39, 0.29) is 11.7 Å². The van der Waals surface area contributed by atoms with Crippen LogP contribution < -0.4 is 14.2 Å². The molecule has 0 spiro atoms. The Morgan fingerprint density at radius 1 is 0.949 bits per heavy atom. The Morgan fingerprint density at radius 3 is 2.28 bits per heavy atom. The van der Waals surface area contributed by atoms with Crippen LogP contribution in [0.2, 0.25) is 0 Å². The zero-order valence-electron chi connectivity index (χ0n) is 21.5. The second kappa shape index (κ2) is 9.21. The highest BCUT2D eigenvalue weighted by Crippen LogP contribution is 2.51. The Morgan fingerprint density at radius 2 is 1.69 bits per heavy atom. The van der Waals surface area contributed by atoms with E-state index in [1.54, 1.807) is 25.4 Å². The summed E-state index contributed by atoms with van der Waals surface area (Å²) in [6.07, 6.45) is 3.04. The van der Waals surface area contributed by atoms with E-state index in [9.17, 15) is 13.2 Å². The van der Waals surface area contributed by atoms with E-state index in [1.807, 2.05) is 12.1 Å². The number of imidazole rings is 1. The summed E-state index contributed by atoms with van der Waals surface area (Å²) in [4.78, 5) is 21.7. The van der Waals surface area contributed by atoms with Gasteiger partial charge in [0.05, 0.1) is 26.1 Å². The Labute approximate surface area is 222 Å². The Balaban J connectivity index is 1.31. The number of rotatable bonds is 8. The average molecular weight is 539 g/mol. The van der Waals surface area contributed by atoms with Gasteiger partial charge in [0.1, 0.15) is 23.3 Å². The molecular weight excluding hydrogens is 513 g/mol. The fourth-order valence-electron chi connectivity index (χ4n) is 4.64. The summed E-state index contributed by atoms with van der Waals surface area (Å²) in [5, 5.41) is 0. The first-order valence-corrected chi connectivity index (χ1v) is 12.4. The molecule has 12 heteroatoms. The molecule has 2 fully saturated rings. The minimum atomic E-state index is -4.51. The topological polar surface area (TPSA) is 97.1 Å². The summed E-state index contributed by atoms with van der Waals surface area (Å²) in [5.41, 5.74) is 1.35. The van der Waals surface area contributed by atoms with E-state index in [0.29, 0.717) is 34.5 Å². The zero-order chi connectivity index (χ0) is 27.4. The van der Waals surface area contributed by atoms with Crippen LogP contribution in [0.25, 0.3) is 22.8 Å². The number of benzene rings is 1. The van der Waals surface area contributed by atoms with Crippen LogP contribution >= 0.6 is 0 Å². The molecule has 4 aromatic rings. The lowest BCUT2D eigenvalue weighted by atomic mass is 10.0. The van der Waals surface area contributed by atoms with Crippen molar-refractivity contribution in [1.82, 2.24) is 29.5 Å². The molecule has 0 atom stereocenters. The number of hydrogen-bond acceptors (Lipinski definition) is 8. The predicted molar refractivity (Wildman–Crippen MR) is 133 cm³/mol. The molecule has 9 nitrogen and oxygen atoms in total. The standard InChI is InChI=1S/C27H25F3N6O3/c1-36-13-19(27(28,29)30)34-23(36)16-6-8-17(9-7-16)26(10-11-26)39-24-18(37-2)12-31-22(35-24)20-21(15-4-5-15)32-14-33-25(20)38-3/h6-9,12-15H,4-5,10-11H2,1-3H3. The number of methoxy groups -OCH3 is 2. The van der Waals surface area contributed by atoms with Gasteiger partial charge in [0, 0.05) is 24.7 Å². The Hall–Kier alpha value is -4.22. The fourth-order valence-corrected chi connectivity index (χ4v) is 4.64. The maximum atomic E-state index is 13.1. The number of nitrogens with zero attached hydrogens (tertiary/aromatic N) is 6. The smallest absolute Gasteiger partial charge is 0.434 e. The molecule has 3 aromatic heterocycles. The highest BCUT2D eigenvalue weighted by atomic mass is 19.4. The molecular formula is C27H25F3N6O3. The molecule has 0 amide bonds. The van der Waals surface area contributed by atoms with Crippen molar-refractivity contribution in [3.05, 3.63) is 59.9 Å².